The minimum absolute atomic E-state index is 0.00463. The van der Waals surface area contributed by atoms with Crippen molar-refractivity contribution in [1.82, 2.24) is 36.6 Å². The van der Waals surface area contributed by atoms with E-state index in [2.05, 4.69) is 129 Å². The molecular formula is C57H117N9O8S. The van der Waals surface area contributed by atoms with Crippen molar-refractivity contribution in [1.29, 1.82) is 0 Å². The highest BCUT2D eigenvalue weighted by Gasteiger charge is 2.05. The van der Waals surface area contributed by atoms with Crippen LogP contribution in [0, 0.1) is 18.8 Å². The lowest BCUT2D eigenvalue weighted by molar-refractivity contribution is -0.138. The molecule has 0 aromatic heterocycles. The molecule has 0 saturated heterocycles. The summed E-state index contributed by atoms with van der Waals surface area (Å²) in [5.74, 6) is 4.13. The predicted octanol–water partition coefficient (Wildman–Crippen LogP) is 11.5. The molecule has 17 nitrogen and oxygen atoms in total. The van der Waals surface area contributed by atoms with Crippen LogP contribution in [-0.2, 0) is 29.1 Å². The van der Waals surface area contributed by atoms with E-state index in [1.807, 2.05) is 146 Å². The van der Waals surface area contributed by atoms with Crippen LogP contribution < -0.4 is 36.6 Å². The average molecular weight is 1090 g/mol. The van der Waals surface area contributed by atoms with E-state index in [1.54, 1.807) is 41.5 Å². The fraction of sp³-hybridized carbons (Fsp3) is 0.561. The maximum absolute atomic E-state index is 10.2. The summed E-state index contributed by atoms with van der Waals surface area (Å²) in [6, 6.07) is 10.1. The van der Waals surface area contributed by atoms with E-state index >= 15 is 0 Å². The van der Waals surface area contributed by atoms with Gasteiger partial charge in [0, 0.05) is 69.0 Å². The van der Waals surface area contributed by atoms with Crippen molar-refractivity contribution >= 4 is 51.8 Å². The number of aliphatic imine (C=N–C) groups is 2. The quantitative estimate of drug-likeness (QED) is 0.0616. The standard InChI is InChI=1S/C7H8.2C5H10.C4H8N2O2.C4H9N.3C4H8.C4H6.C3H8N2O.C3H7NO2.C3H7NO.C3H7N.C2H7NO2S.C2H6/c1-7-5-3-2-4-6-7;2*1-4-5(2)3;1-5-3(7)4(8)6-2;1-4(2)5-3;1-4(2)3;3*1-3-4-2;1-4-3(6)5-2;1-4-3(5)6-2;1-3(5)4-2;1-3-4-2;1-3-6(2,4)5;1-2/h2-6H,1H3;2*4H,1-3H3;1-2H3,(H,5,7)(H,6,8);1-3H3;1H2,2-3H3;2*3-4H,1-2H3;1-2H3;1-2H3,(H2,4,5,6);1-2H3,(H,4,5);1-2H3,(H,4,5);3H,1-2H3;3H,1-2H3;1-2H3/b;;;;;;4-3+;4-3-;;;;;;;. The van der Waals surface area contributed by atoms with Crippen molar-refractivity contribution in [3.8, 4) is 11.8 Å². The molecule has 444 valence electrons. The van der Waals surface area contributed by atoms with Gasteiger partial charge in [0.05, 0.1) is 13.4 Å². The molecule has 0 spiro atoms. The van der Waals surface area contributed by atoms with E-state index < -0.39 is 27.9 Å². The summed E-state index contributed by atoms with van der Waals surface area (Å²) >= 11 is 0. The van der Waals surface area contributed by atoms with E-state index in [1.165, 1.54) is 64.5 Å². The number of hydrogen-bond donors (Lipinski definition) is 7. The maximum Gasteiger partial charge on any atom is 0.406 e. The van der Waals surface area contributed by atoms with Gasteiger partial charge >= 0.3 is 23.9 Å². The molecule has 0 bridgehead atoms. The largest absolute Gasteiger partial charge is 0.453 e. The Labute approximate surface area is 463 Å². The molecule has 1 rings (SSSR count). The highest BCUT2D eigenvalue weighted by atomic mass is 32.2. The number of ether oxygens (including phenoxy) is 1. The number of sulfonamides is 1. The van der Waals surface area contributed by atoms with E-state index in [9.17, 15) is 32.4 Å². The summed E-state index contributed by atoms with van der Waals surface area (Å²) in [5, 5.41) is 13.7. The molecule has 0 saturated carbocycles. The van der Waals surface area contributed by atoms with Gasteiger partial charge in [-0.3, -0.25) is 19.4 Å². The number of rotatable bonds is 1. The van der Waals surface area contributed by atoms with E-state index in [0.717, 1.165) is 12.0 Å². The first-order chi connectivity index (χ1) is 34.8. The number of alkyl carbamates (subject to hydrolysis) is 1. The summed E-state index contributed by atoms with van der Waals surface area (Å²) in [4.78, 5) is 57.4. The molecule has 0 unspecified atom stereocenters. The number of amides is 6. The zero-order valence-corrected chi connectivity index (χ0v) is 54.5. The van der Waals surface area contributed by atoms with Crippen LogP contribution in [0.25, 0.3) is 0 Å². The van der Waals surface area contributed by atoms with Crippen LogP contribution in [0.3, 0.4) is 0 Å². The Morgan fingerprint density at radius 1 is 0.587 bits per heavy atom. The van der Waals surface area contributed by atoms with Gasteiger partial charge in [-0.05, 0) is 138 Å². The maximum atomic E-state index is 10.2. The van der Waals surface area contributed by atoms with Gasteiger partial charge in [0.25, 0.3) is 0 Å². The normalized spacial score (nSPS) is 7.68. The molecule has 7 N–H and O–H groups in total. The number of allylic oxidation sites excluding steroid dienone is 9. The van der Waals surface area contributed by atoms with Crippen LogP contribution in [0.2, 0.25) is 0 Å². The minimum atomic E-state index is -2.91. The lowest BCUT2D eigenvalue weighted by atomic mass is 10.2. The number of benzene rings is 1. The number of likely N-dealkylation sites (N-methyl/N-ethyl adjacent to an activating group) is 2. The lowest BCUT2D eigenvalue weighted by Gasteiger charge is -1.93. The summed E-state index contributed by atoms with van der Waals surface area (Å²) < 4.78 is 26.0. The number of urea groups is 1. The van der Waals surface area contributed by atoms with Crippen molar-refractivity contribution in [2.45, 2.75) is 145 Å². The molecule has 6 amide bonds. The Hall–Kier alpha value is -6.32. The Bertz CT molecular complexity index is 1580. The topological polar surface area (TPSA) is 238 Å². The monoisotopic (exact) mass is 1090 g/mol. The van der Waals surface area contributed by atoms with Crippen molar-refractivity contribution in [3.63, 3.8) is 0 Å². The van der Waals surface area contributed by atoms with Gasteiger partial charge in [-0.2, -0.15) is 0 Å². The highest BCUT2D eigenvalue weighted by molar-refractivity contribution is 7.88. The molecule has 0 atom stereocenters. The van der Waals surface area contributed by atoms with Gasteiger partial charge < -0.3 is 41.6 Å². The van der Waals surface area contributed by atoms with Gasteiger partial charge in [0.1, 0.15) is 0 Å². The number of carbonyl (C=O) groups excluding carboxylic acids is 5. The van der Waals surface area contributed by atoms with E-state index in [-0.39, 0.29) is 11.9 Å². The Kier molecular flexibility index (Phi) is 147. The molecule has 0 aliphatic carbocycles. The van der Waals surface area contributed by atoms with Crippen LogP contribution >= 0.6 is 0 Å². The fourth-order valence-corrected chi connectivity index (χ4v) is 0.989. The van der Waals surface area contributed by atoms with E-state index in [4.69, 9.17) is 0 Å². The van der Waals surface area contributed by atoms with Crippen molar-refractivity contribution in [2.24, 2.45) is 9.98 Å². The number of hydrogen-bond acceptors (Lipinski definition) is 10. The number of aryl methyl sites for hydroxylation is 1. The zero-order valence-electron chi connectivity index (χ0n) is 53.7. The van der Waals surface area contributed by atoms with Crippen LogP contribution in [-0.4, -0.2) is 127 Å². The predicted molar refractivity (Wildman–Crippen MR) is 335 cm³/mol. The Morgan fingerprint density at radius 2 is 0.827 bits per heavy atom. The number of nitrogens with zero attached hydrogens (tertiary/aromatic N) is 2. The van der Waals surface area contributed by atoms with Gasteiger partial charge in [-0.25, -0.2) is 22.7 Å². The lowest BCUT2D eigenvalue weighted by Crippen LogP contribution is -2.35. The third kappa shape index (κ3) is 273. The highest BCUT2D eigenvalue weighted by Crippen LogP contribution is 1.92. The van der Waals surface area contributed by atoms with E-state index in [0.29, 0.717) is 0 Å². The van der Waals surface area contributed by atoms with Crippen molar-refractivity contribution in [3.05, 3.63) is 95.6 Å². The molecule has 18 heteroatoms. The molecule has 1 aromatic rings. The number of carbonyl (C=O) groups is 5. The summed E-state index contributed by atoms with van der Waals surface area (Å²) in [5.41, 5.74) is 6.38. The first-order valence-electron chi connectivity index (χ1n) is 24.0. The van der Waals surface area contributed by atoms with Crippen LogP contribution in [0.15, 0.2) is 100 Å². The van der Waals surface area contributed by atoms with Crippen LogP contribution in [0.5, 0.6) is 0 Å². The summed E-state index contributed by atoms with van der Waals surface area (Å²) in [6.45, 7) is 44.9. The number of nitrogens with one attached hydrogen (secondary N) is 7. The second-order valence-electron chi connectivity index (χ2n) is 13.6. The molecular weight excluding hydrogens is 971 g/mol. The molecule has 75 heavy (non-hydrogen) atoms. The molecule has 0 fully saturated rings. The van der Waals surface area contributed by atoms with Gasteiger partial charge in [-0.1, -0.05) is 103 Å². The summed E-state index contributed by atoms with van der Waals surface area (Å²) in [6.07, 6.45) is 14.6. The van der Waals surface area contributed by atoms with Gasteiger partial charge in [-0.15, -0.1) is 18.4 Å². The third-order valence-corrected chi connectivity index (χ3v) is 6.69. The molecule has 1 aromatic carbocycles. The van der Waals surface area contributed by atoms with Crippen LogP contribution in [0.4, 0.5) is 9.59 Å². The van der Waals surface area contributed by atoms with Crippen molar-refractivity contribution < 1.29 is 37.1 Å². The Balaban J connectivity index is -0.0000000446. The number of methoxy groups -OCH3 is 1. The second-order valence-corrected chi connectivity index (χ2v) is 15.6. The molecule has 0 aliphatic rings. The first kappa shape index (κ1) is 105. The van der Waals surface area contributed by atoms with Crippen LogP contribution in [0.1, 0.15) is 144 Å². The second kappa shape index (κ2) is 104. The SMILES string of the molecule is C/C=C/C.C/C=C\C.C=C(C)C.CC.CC#CC.CC=C(C)C.CC=C(C)C.CC=NC.CN=C(C)C.CNC(=O)C(=O)NC.CNC(=O)NC.CNC(=O)OC.CNC(C)=O.CNS(C)(=O)=O.Cc1ccccc1. The average Bonchev–Trinajstić information content (AvgIpc) is 3.41. The summed E-state index contributed by atoms with van der Waals surface area (Å²) in [7, 11) is 12.4. The van der Waals surface area contributed by atoms with Gasteiger partial charge in [0.2, 0.25) is 15.9 Å². The molecule has 0 radical (unpaired) electrons. The fourth-order valence-electron chi connectivity index (χ4n) is 0.989. The van der Waals surface area contributed by atoms with Crippen molar-refractivity contribution in [2.75, 3.05) is 76.8 Å². The molecule has 0 heterocycles. The van der Waals surface area contributed by atoms with Gasteiger partial charge in [0.15, 0.2) is 0 Å². The zero-order chi connectivity index (χ0) is 63.2. The molecule has 0 aliphatic heterocycles. The first-order valence-corrected chi connectivity index (χ1v) is 25.9. The minimum Gasteiger partial charge on any atom is -0.453 e. The smallest absolute Gasteiger partial charge is 0.406 e. The third-order valence-electron chi connectivity index (χ3n) is 5.94. The Morgan fingerprint density at radius 3 is 0.867 bits per heavy atom.